The molecule has 0 aromatic heterocycles. The van der Waals surface area contributed by atoms with E-state index in [2.05, 4.69) is 26.1 Å². The van der Waals surface area contributed by atoms with E-state index in [0.29, 0.717) is 17.0 Å². The third kappa shape index (κ3) is 2.93. The number of halogens is 1. The van der Waals surface area contributed by atoms with Gasteiger partial charge in [-0.05, 0) is 45.0 Å². The molecule has 0 saturated heterocycles. The number of hydrazone groups is 2. The molecule has 0 aliphatic carbocycles. The first-order valence-corrected chi connectivity index (χ1v) is 9.93. The molecule has 0 fully saturated rings. The number of hydrogen-bond acceptors (Lipinski definition) is 4. The maximum Gasteiger partial charge on any atom is 0.286 e. The Morgan fingerprint density at radius 2 is 1.79 bits per heavy atom. The Morgan fingerprint density at radius 1 is 1.10 bits per heavy atom. The fourth-order valence-electron chi connectivity index (χ4n) is 3.68. The van der Waals surface area contributed by atoms with Crippen molar-refractivity contribution in [2.24, 2.45) is 10.2 Å². The average molecular weight is 451 g/mol. The number of fused-ring (bicyclic) bond motifs is 2. The van der Waals surface area contributed by atoms with Crippen LogP contribution < -0.4 is 5.01 Å². The quantitative estimate of drug-likeness (QED) is 0.643. The van der Waals surface area contributed by atoms with Crippen molar-refractivity contribution in [1.82, 2.24) is 5.01 Å². The van der Waals surface area contributed by atoms with Gasteiger partial charge in [0.1, 0.15) is 0 Å². The van der Waals surface area contributed by atoms with Gasteiger partial charge in [0, 0.05) is 21.7 Å². The number of nitrogens with zero attached hydrogens (tertiary/aromatic N) is 4. The van der Waals surface area contributed by atoms with Crippen LogP contribution in [0.5, 0.6) is 0 Å². The van der Waals surface area contributed by atoms with Crippen LogP contribution in [0.1, 0.15) is 31.9 Å². The van der Waals surface area contributed by atoms with Gasteiger partial charge < -0.3 is 0 Å². The Balaban J connectivity index is 1.91. The van der Waals surface area contributed by atoms with E-state index in [9.17, 15) is 9.59 Å². The molecule has 0 bridgehead atoms. The third-order valence-electron chi connectivity index (χ3n) is 4.95. The lowest BCUT2D eigenvalue weighted by molar-refractivity contribution is -0.139. The molecule has 2 aromatic carbocycles. The van der Waals surface area contributed by atoms with Crippen LogP contribution in [-0.2, 0) is 15.1 Å². The van der Waals surface area contributed by atoms with Crippen molar-refractivity contribution < 1.29 is 9.59 Å². The highest BCUT2D eigenvalue weighted by molar-refractivity contribution is 9.10. The number of carbonyl (C=O) groups is 2. The van der Waals surface area contributed by atoms with E-state index in [0.717, 1.165) is 15.6 Å². The smallest absolute Gasteiger partial charge is 0.269 e. The van der Waals surface area contributed by atoms with Crippen LogP contribution in [-0.4, -0.2) is 28.7 Å². The number of allylic oxidation sites excluding steroid dienone is 1. The van der Waals surface area contributed by atoms with Crippen LogP contribution in [0.25, 0.3) is 0 Å². The fraction of sp³-hybridized carbons (Fsp3) is 0.182. The zero-order valence-electron chi connectivity index (χ0n) is 16.3. The van der Waals surface area contributed by atoms with Gasteiger partial charge in [-0.3, -0.25) is 9.59 Å². The Bertz CT molecular complexity index is 1100. The predicted octanol–water partition coefficient (Wildman–Crippen LogP) is 4.21. The molecule has 0 saturated carbocycles. The van der Waals surface area contributed by atoms with Crippen molar-refractivity contribution in [2.45, 2.75) is 26.3 Å². The molecule has 7 heteroatoms. The summed E-state index contributed by atoms with van der Waals surface area (Å²) in [5.74, 6) is -0.701. The average Bonchev–Trinajstić information content (AvgIpc) is 2.94. The van der Waals surface area contributed by atoms with Gasteiger partial charge in [-0.2, -0.15) is 15.2 Å². The first-order valence-electron chi connectivity index (χ1n) is 9.14. The lowest BCUT2D eigenvalue weighted by Crippen LogP contribution is -2.58. The van der Waals surface area contributed by atoms with Crippen molar-refractivity contribution in [1.29, 1.82) is 0 Å². The molecule has 0 N–H and O–H groups in total. The topological polar surface area (TPSA) is 65.3 Å². The van der Waals surface area contributed by atoms with Gasteiger partial charge in [0.15, 0.2) is 0 Å². The second-order valence-corrected chi connectivity index (χ2v) is 8.11. The maximum absolute atomic E-state index is 13.9. The van der Waals surface area contributed by atoms with Crippen molar-refractivity contribution in [3.05, 3.63) is 75.8 Å². The van der Waals surface area contributed by atoms with Crippen LogP contribution in [0.3, 0.4) is 0 Å². The Hall–Kier alpha value is -3.06. The molecule has 2 aliphatic heterocycles. The second-order valence-electron chi connectivity index (χ2n) is 7.19. The van der Waals surface area contributed by atoms with Gasteiger partial charge in [0.2, 0.25) is 5.54 Å². The normalized spacial score (nSPS) is 20.0. The van der Waals surface area contributed by atoms with E-state index in [1.165, 1.54) is 16.1 Å². The minimum atomic E-state index is -1.42. The molecule has 1 spiro atoms. The molecule has 4 rings (SSSR count). The molecule has 2 heterocycles. The van der Waals surface area contributed by atoms with E-state index in [1.54, 1.807) is 25.3 Å². The summed E-state index contributed by atoms with van der Waals surface area (Å²) in [5.41, 5.74) is 2.00. The maximum atomic E-state index is 13.9. The van der Waals surface area contributed by atoms with Crippen molar-refractivity contribution in [3.8, 4) is 0 Å². The van der Waals surface area contributed by atoms with Crippen LogP contribution in [0.15, 0.2) is 74.9 Å². The van der Waals surface area contributed by atoms with E-state index < -0.39 is 5.54 Å². The highest BCUT2D eigenvalue weighted by atomic mass is 79.9. The minimum Gasteiger partial charge on any atom is -0.269 e. The van der Waals surface area contributed by atoms with Crippen molar-refractivity contribution in [2.75, 3.05) is 5.01 Å². The first kappa shape index (κ1) is 19.3. The molecule has 146 valence electrons. The summed E-state index contributed by atoms with van der Waals surface area (Å²) >= 11 is 3.41. The fourth-order valence-corrected chi connectivity index (χ4v) is 3.94. The van der Waals surface area contributed by atoms with Crippen LogP contribution in [0.4, 0.5) is 5.69 Å². The first-order chi connectivity index (χ1) is 13.9. The number of benzene rings is 2. The van der Waals surface area contributed by atoms with Crippen LogP contribution in [0.2, 0.25) is 0 Å². The van der Waals surface area contributed by atoms with Crippen LogP contribution in [0, 0.1) is 0 Å². The van der Waals surface area contributed by atoms with Gasteiger partial charge >= 0.3 is 0 Å². The molecule has 2 amide bonds. The molecule has 2 aliphatic rings. The molecule has 29 heavy (non-hydrogen) atoms. The van der Waals surface area contributed by atoms with E-state index in [-0.39, 0.29) is 11.8 Å². The predicted molar refractivity (Wildman–Crippen MR) is 117 cm³/mol. The lowest BCUT2D eigenvalue weighted by Gasteiger charge is -2.39. The van der Waals surface area contributed by atoms with Gasteiger partial charge in [-0.25, -0.2) is 5.01 Å². The summed E-state index contributed by atoms with van der Waals surface area (Å²) in [6, 6.07) is 14.8. The summed E-state index contributed by atoms with van der Waals surface area (Å²) in [6.07, 6.45) is 3.09. The zero-order valence-corrected chi connectivity index (χ0v) is 17.8. The monoisotopic (exact) mass is 450 g/mol. The highest BCUT2D eigenvalue weighted by Crippen LogP contribution is 2.42. The Morgan fingerprint density at radius 3 is 2.48 bits per heavy atom. The molecular formula is C22H19BrN4O2. The molecule has 1 atom stereocenters. The molecule has 6 nitrogen and oxygen atoms in total. The lowest BCUT2D eigenvalue weighted by atomic mass is 9.81. The number of rotatable bonds is 2. The number of carbonyl (C=O) groups excluding carboxylic acids is 2. The summed E-state index contributed by atoms with van der Waals surface area (Å²) in [7, 11) is 0. The number of anilines is 1. The van der Waals surface area contributed by atoms with Crippen molar-refractivity contribution >= 4 is 45.4 Å². The summed E-state index contributed by atoms with van der Waals surface area (Å²) in [6.45, 7) is 5.42. The Kier molecular flexibility index (Phi) is 4.70. The van der Waals surface area contributed by atoms with Crippen molar-refractivity contribution in [3.63, 3.8) is 0 Å². The van der Waals surface area contributed by atoms with Gasteiger partial charge in [-0.1, -0.05) is 45.8 Å². The van der Waals surface area contributed by atoms with E-state index in [1.807, 2.05) is 50.2 Å². The SMILES string of the molecule is CC(C)=CC(=O)N1N=Cc2ccccc2C12C(=O)N(c1ccc(Br)cc1)N=C2C. The molecule has 2 aromatic rings. The largest absolute Gasteiger partial charge is 0.286 e. The molecular weight excluding hydrogens is 432 g/mol. The van der Waals surface area contributed by atoms with Crippen LogP contribution >= 0.6 is 15.9 Å². The van der Waals surface area contributed by atoms with Gasteiger partial charge in [0.05, 0.1) is 17.6 Å². The highest BCUT2D eigenvalue weighted by Gasteiger charge is 2.59. The molecule has 0 radical (unpaired) electrons. The van der Waals surface area contributed by atoms with E-state index in [4.69, 9.17) is 0 Å². The standard InChI is InChI=1S/C22H19BrN4O2/c1-14(2)12-20(28)27-22(19-7-5-4-6-16(19)13-24-27)15(3)25-26(21(22)29)18-10-8-17(23)9-11-18/h4-13H,1-3H3. The Labute approximate surface area is 177 Å². The summed E-state index contributed by atoms with van der Waals surface area (Å²) in [5, 5.41) is 11.5. The number of amides is 2. The number of hydrogen-bond donors (Lipinski definition) is 0. The second kappa shape index (κ2) is 7.08. The zero-order chi connectivity index (χ0) is 20.8. The minimum absolute atomic E-state index is 0.336. The summed E-state index contributed by atoms with van der Waals surface area (Å²) < 4.78 is 0.899. The van der Waals surface area contributed by atoms with E-state index >= 15 is 0 Å². The summed E-state index contributed by atoms with van der Waals surface area (Å²) in [4.78, 5) is 26.9. The third-order valence-corrected chi connectivity index (χ3v) is 5.48. The van der Waals surface area contributed by atoms with Gasteiger partial charge in [-0.15, -0.1) is 0 Å². The molecule has 1 unspecified atom stereocenters. The van der Waals surface area contributed by atoms with Gasteiger partial charge in [0.25, 0.3) is 11.8 Å².